The van der Waals surface area contributed by atoms with E-state index < -0.39 is 0 Å². The van der Waals surface area contributed by atoms with Crippen molar-refractivity contribution in [2.24, 2.45) is 0 Å². The summed E-state index contributed by atoms with van der Waals surface area (Å²) in [4.78, 5) is 28.6. The Labute approximate surface area is 148 Å². The van der Waals surface area contributed by atoms with Crippen molar-refractivity contribution >= 4 is 11.8 Å². The third kappa shape index (κ3) is 3.22. The monoisotopic (exact) mass is 334 g/mol. The molecule has 0 radical (unpaired) electrons. The zero-order chi connectivity index (χ0) is 17.2. The van der Waals surface area contributed by atoms with Gasteiger partial charge in [-0.2, -0.15) is 0 Å². The zero-order valence-corrected chi connectivity index (χ0v) is 14.3. The number of amides is 2. The summed E-state index contributed by atoms with van der Waals surface area (Å²) in [7, 11) is 0. The minimum Gasteiger partial charge on any atom is -0.299 e. The number of carbonyl (C=O) groups is 2. The average Bonchev–Trinajstić information content (AvgIpc) is 3.23. The van der Waals surface area contributed by atoms with Crippen LogP contribution in [0.5, 0.6) is 0 Å². The second-order valence-electron chi connectivity index (χ2n) is 6.86. The summed E-state index contributed by atoms with van der Waals surface area (Å²) in [6.07, 6.45) is 3.30. The third-order valence-corrected chi connectivity index (χ3v) is 5.13. The highest BCUT2D eigenvalue weighted by atomic mass is 16.2. The number of hydrogen-bond donors (Lipinski definition) is 0. The van der Waals surface area contributed by atoms with Crippen LogP contribution in [0.15, 0.2) is 48.5 Å². The van der Waals surface area contributed by atoms with E-state index in [9.17, 15) is 9.59 Å². The first-order valence-corrected chi connectivity index (χ1v) is 8.98. The molecule has 2 aromatic carbocycles. The summed E-state index contributed by atoms with van der Waals surface area (Å²) in [6, 6.07) is 15.6. The second kappa shape index (κ2) is 6.81. The Bertz CT molecular complexity index is 757. The lowest BCUT2D eigenvalue weighted by molar-refractivity contribution is 0.0656. The maximum absolute atomic E-state index is 12.4. The quantitative estimate of drug-likeness (QED) is 0.789. The lowest BCUT2D eigenvalue weighted by Gasteiger charge is -2.16. The van der Waals surface area contributed by atoms with Crippen LogP contribution in [0.2, 0.25) is 0 Å². The number of nitrogens with zero attached hydrogens (tertiary/aromatic N) is 2. The zero-order valence-electron chi connectivity index (χ0n) is 14.3. The SMILES string of the molecule is O=C1c2ccccc2C(=O)N1CCc1ccc(CN2CCCC2)cc1. The Morgan fingerprint density at radius 2 is 1.32 bits per heavy atom. The molecule has 4 heteroatoms. The van der Waals surface area contributed by atoms with Crippen LogP contribution in [0, 0.1) is 0 Å². The summed E-state index contributed by atoms with van der Waals surface area (Å²) >= 11 is 0. The van der Waals surface area contributed by atoms with Crippen LogP contribution in [0.25, 0.3) is 0 Å². The van der Waals surface area contributed by atoms with E-state index in [1.807, 2.05) is 0 Å². The number of hydrogen-bond acceptors (Lipinski definition) is 3. The van der Waals surface area contributed by atoms with E-state index in [-0.39, 0.29) is 11.8 Å². The van der Waals surface area contributed by atoms with Crippen LogP contribution in [0.3, 0.4) is 0 Å². The van der Waals surface area contributed by atoms with Crippen LogP contribution < -0.4 is 0 Å². The first-order valence-electron chi connectivity index (χ1n) is 8.98. The Morgan fingerprint density at radius 1 is 0.760 bits per heavy atom. The van der Waals surface area contributed by atoms with Gasteiger partial charge in [0.05, 0.1) is 11.1 Å². The molecule has 1 fully saturated rings. The van der Waals surface area contributed by atoms with Crippen LogP contribution >= 0.6 is 0 Å². The molecule has 128 valence electrons. The predicted molar refractivity (Wildman–Crippen MR) is 96.5 cm³/mol. The van der Waals surface area contributed by atoms with Crippen molar-refractivity contribution < 1.29 is 9.59 Å². The highest BCUT2D eigenvalue weighted by Crippen LogP contribution is 2.22. The molecule has 4 nitrogen and oxygen atoms in total. The Kier molecular flexibility index (Phi) is 4.36. The Hall–Kier alpha value is -2.46. The molecule has 2 heterocycles. The van der Waals surface area contributed by atoms with Crippen molar-refractivity contribution in [3.63, 3.8) is 0 Å². The molecule has 4 rings (SSSR count). The molecule has 0 spiro atoms. The van der Waals surface area contributed by atoms with E-state index in [0.29, 0.717) is 24.1 Å². The number of carbonyl (C=O) groups excluding carboxylic acids is 2. The fraction of sp³-hybridized carbons (Fsp3) is 0.333. The number of rotatable bonds is 5. The molecular weight excluding hydrogens is 312 g/mol. The van der Waals surface area contributed by atoms with E-state index in [4.69, 9.17) is 0 Å². The molecule has 2 amide bonds. The maximum Gasteiger partial charge on any atom is 0.261 e. The maximum atomic E-state index is 12.4. The number of fused-ring (bicyclic) bond motifs is 1. The molecule has 2 aromatic rings. The van der Waals surface area contributed by atoms with Crippen molar-refractivity contribution in [3.05, 3.63) is 70.8 Å². The van der Waals surface area contributed by atoms with Gasteiger partial charge in [0, 0.05) is 13.1 Å². The van der Waals surface area contributed by atoms with Gasteiger partial charge in [-0.15, -0.1) is 0 Å². The summed E-state index contributed by atoms with van der Waals surface area (Å²) in [6.45, 7) is 3.83. The van der Waals surface area contributed by atoms with Gasteiger partial charge in [0.15, 0.2) is 0 Å². The molecular formula is C21H22N2O2. The van der Waals surface area contributed by atoms with Crippen molar-refractivity contribution in [1.29, 1.82) is 0 Å². The van der Waals surface area contributed by atoms with Crippen LogP contribution in [-0.4, -0.2) is 41.2 Å². The molecule has 2 aliphatic rings. The topological polar surface area (TPSA) is 40.6 Å². The molecule has 0 unspecified atom stereocenters. The fourth-order valence-electron chi connectivity index (χ4n) is 3.69. The molecule has 0 saturated carbocycles. The third-order valence-electron chi connectivity index (χ3n) is 5.13. The molecule has 1 saturated heterocycles. The predicted octanol–water partition coefficient (Wildman–Crippen LogP) is 3.12. The van der Waals surface area contributed by atoms with Crippen molar-refractivity contribution in [2.75, 3.05) is 19.6 Å². The lowest BCUT2D eigenvalue weighted by atomic mass is 10.1. The lowest BCUT2D eigenvalue weighted by Crippen LogP contribution is -2.31. The first-order chi connectivity index (χ1) is 12.2. The number of benzene rings is 2. The van der Waals surface area contributed by atoms with Gasteiger partial charge in [0.1, 0.15) is 0 Å². The van der Waals surface area contributed by atoms with Crippen LogP contribution in [0.1, 0.15) is 44.7 Å². The summed E-state index contributed by atoms with van der Waals surface area (Å²) in [5.74, 6) is -0.350. The van der Waals surface area contributed by atoms with Crippen molar-refractivity contribution in [3.8, 4) is 0 Å². The minimum atomic E-state index is -0.175. The Morgan fingerprint density at radius 3 is 1.92 bits per heavy atom. The average molecular weight is 334 g/mol. The smallest absolute Gasteiger partial charge is 0.261 e. The standard InChI is InChI=1S/C21H22N2O2/c24-20-18-5-1-2-6-19(18)21(25)23(20)14-11-16-7-9-17(10-8-16)15-22-12-3-4-13-22/h1-2,5-10H,3-4,11-15H2. The van der Waals surface area contributed by atoms with Gasteiger partial charge in [-0.3, -0.25) is 19.4 Å². The molecule has 25 heavy (non-hydrogen) atoms. The molecule has 0 atom stereocenters. The molecule has 0 N–H and O–H groups in total. The molecule has 0 aliphatic carbocycles. The van der Waals surface area contributed by atoms with Gasteiger partial charge in [0.2, 0.25) is 0 Å². The van der Waals surface area contributed by atoms with Crippen LogP contribution in [-0.2, 0) is 13.0 Å². The summed E-state index contributed by atoms with van der Waals surface area (Å²) in [5, 5.41) is 0. The van der Waals surface area contributed by atoms with Gasteiger partial charge in [-0.05, 0) is 55.6 Å². The van der Waals surface area contributed by atoms with Gasteiger partial charge >= 0.3 is 0 Å². The summed E-state index contributed by atoms with van der Waals surface area (Å²) < 4.78 is 0. The number of imide groups is 1. The van der Waals surface area contributed by atoms with Crippen molar-refractivity contribution in [2.45, 2.75) is 25.8 Å². The van der Waals surface area contributed by atoms with Crippen molar-refractivity contribution in [1.82, 2.24) is 9.80 Å². The Balaban J connectivity index is 1.37. The molecule has 0 aromatic heterocycles. The highest BCUT2D eigenvalue weighted by molar-refractivity contribution is 6.21. The number of likely N-dealkylation sites (tertiary alicyclic amines) is 1. The van der Waals surface area contributed by atoms with E-state index in [2.05, 4.69) is 29.2 Å². The van der Waals surface area contributed by atoms with Crippen LogP contribution in [0.4, 0.5) is 0 Å². The highest BCUT2D eigenvalue weighted by Gasteiger charge is 2.34. The van der Waals surface area contributed by atoms with E-state index in [0.717, 1.165) is 12.1 Å². The molecule has 2 aliphatic heterocycles. The van der Waals surface area contributed by atoms with Gasteiger partial charge < -0.3 is 0 Å². The van der Waals surface area contributed by atoms with E-state index >= 15 is 0 Å². The van der Waals surface area contributed by atoms with E-state index in [1.165, 1.54) is 36.4 Å². The normalized spacial score (nSPS) is 17.4. The van der Waals surface area contributed by atoms with E-state index in [1.54, 1.807) is 24.3 Å². The minimum absolute atomic E-state index is 0.175. The summed E-state index contributed by atoms with van der Waals surface area (Å²) in [5.41, 5.74) is 3.52. The fourth-order valence-corrected chi connectivity index (χ4v) is 3.69. The van der Waals surface area contributed by atoms with Gasteiger partial charge in [0.25, 0.3) is 11.8 Å². The van der Waals surface area contributed by atoms with Gasteiger partial charge in [-0.25, -0.2) is 0 Å². The first kappa shape index (κ1) is 16.0. The molecule has 0 bridgehead atoms. The largest absolute Gasteiger partial charge is 0.299 e. The van der Waals surface area contributed by atoms with Gasteiger partial charge in [-0.1, -0.05) is 36.4 Å². The second-order valence-corrected chi connectivity index (χ2v) is 6.86.